The van der Waals surface area contributed by atoms with Gasteiger partial charge in [0.1, 0.15) is 5.82 Å². The van der Waals surface area contributed by atoms with Crippen molar-refractivity contribution in [2.75, 3.05) is 32.9 Å². The van der Waals surface area contributed by atoms with Crippen molar-refractivity contribution >= 4 is 11.8 Å². The van der Waals surface area contributed by atoms with Crippen molar-refractivity contribution in [1.29, 1.82) is 0 Å². The van der Waals surface area contributed by atoms with Gasteiger partial charge in [-0.15, -0.1) is 0 Å². The molecule has 18 heavy (non-hydrogen) atoms. The van der Waals surface area contributed by atoms with Gasteiger partial charge in [0.25, 0.3) is 0 Å². The van der Waals surface area contributed by atoms with Gasteiger partial charge in [-0.1, -0.05) is 0 Å². The zero-order valence-corrected chi connectivity index (χ0v) is 11.3. The van der Waals surface area contributed by atoms with Gasteiger partial charge in [-0.25, -0.2) is 9.48 Å². The lowest BCUT2D eigenvalue weighted by atomic mass is 10.1. The van der Waals surface area contributed by atoms with E-state index in [1.165, 1.54) is 0 Å². The van der Waals surface area contributed by atoms with E-state index in [9.17, 15) is 4.79 Å². The second-order valence-electron chi connectivity index (χ2n) is 5.05. The molecule has 2 heterocycles. The Kier molecular flexibility index (Phi) is 3.45. The molecule has 2 amide bonds. The van der Waals surface area contributed by atoms with Crippen LogP contribution in [0.4, 0.5) is 10.6 Å². The fraction of sp³-hybridized carbons (Fsp3) is 0.667. The first-order valence-corrected chi connectivity index (χ1v) is 6.27. The first kappa shape index (κ1) is 12.7. The van der Waals surface area contributed by atoms with E-state index in [0.717, 1.165) is 31.6 Å². The average Bonchev–Trinajstić information content (AvgIpc) is 2.67. The number of anilines is 1. The standard InChI is InChI=1S/C12H21N5O/c1-9-8-11(13)17(14-9)10-4-6-16(7-5-10)12(18)15(2)3/h8,10H,4-7,13H2,1-3H3. The van der Waals surface area contributed by atoms with E-state index in [2.05, 4.69) is 5.10 Å². The third-order valence-corrected chi connectivity index (χ3v) is 3.35. The van der Waals surface area contributed by atoms with Crippen LogP contribution in [-0.2, 0) is 0 Å². The molecule has 6 nitrogen and oxygen atoms in total. The molecule has 2 rings (SSSR count). The lowest BCUT2D eigenvalue weighted by Crippen LogP contribution is -2.44. The highest BCUT2D eigenvalue weighted by Crippen LogP contribution is 2.25. The average molecular weight is 251 g/mol. The van der Waals surface area contributed by atoms with Gasteiger partial charge in [0.05, 0.1) is 11.7 Å². The molecular weight excluding hydrogens is 230 g/mol. The van der Waals surface area contributed by atoms with Crippen LogP contribution in [0, 0.1) is 6.92 Å². The summed E-state index contributed by atoms with van der Waals surface area (Å²) in [7, 11) is 3.56. The van der Waals surface area contributed by atoms with Gasteiger partial charge in [0, 0.05) is 33.3 Å². The van der Waals surface area contributed by atoms with Crippen LogP contribution in [0.25, 0.3) is 0 Å². The number of likely N-dealkylation sites (tertiary alicyclic amines) is 1. The van der Waals surface area contributed by atoms with Crippen molar-refractivity contribution in [3.05, 3.63) is 11.8 Å². The molecule has 1 aliphatic heterocycles. The Morgan fingerprint density at radius 3 is 2.50 bits per heavy atom. The van der Waals surface area contributed by atoms with Crippen LogP contribution in [-0.4, -0.2) is 52.8 Å². The molecule has 1 fully saturated rings. The Morgan fingerprint density at radius 2 is 2.06 bits per heavy atom. The van der Waals surface area contributed by atoms with E-state index in [1.807, 2.05) is 22.6 Å². The van der Waals surface area contributed by atoms with Crippen LogP contribution >= 0.6 is 0 Å². The largest absolute Gasteiger partial charge is 0.384 e. The Morgan fingerprint density at radius 1 is 1.44 bits per heavy atom. The molecule has 0 unspecified atom stereocenters. The molecule has 0 radical (unpaired) electrons. The van der Waals surface area contributed by atoms with Crippen molar-refractivity contribution in [2.45, 2.75) is 25.8 Å². The molecule has 0 aromatic carbocycles. The van der Waals surface area contributed by atoms with Crippen LogP contribution in [0.3, 0.4) is 0 Å². The third-order valence-electron chi connectivity index (χ3n) is 3.35. The maximum atomic E-state index is 11.8. The van der Waals surface area contributed by atoms with Crippen molar-refractivity contribution in [3.63, 3.8) is 0 Å². The summed E-state index contributed by atoms with van der Waals surface area (Å²) in [5.41, 5.74) is 6.87. The first-order chi connectivity index (χ1) is 8.49. The summed E-state index contributed by atoms with van der Waals surface area (Å²) < 4.78 is 1.90. The second kappa shape index (κ2) is 4.88. The summed E-state index contributed by atoms with van der Waals surface area (Å²) in [5, 5.41) is 4.42. The molecule has 1 aliphatic rings. The molecule has 0 spiro atoms. The number of aryl methyl sites for hydroxylation is 1. The van der Waals surface area contributed by atoms with E-state index in [-0.39, 0.29) is 6.03 Å². The third kappa shape index (κ3) is 2.42. The van der Waals surface area contributed by atoms with Gasteiger partial charge < -0.3 is 15.5 Å². The summed E-state index contributed by atoms with van der Waals surface area (Å²) in [6.45, 7) is 3.47. The Balaban J connectivity index is 1.98. The molecule has 6 heteroatoms. The van der Waals surface area contributed by atoms with E-state index >= 15 is 0 Å². The van der Waals surface area contributed by atoms with Gasteiger partial charge in [-0.05, 0) is 19.8 Å². The first-order valence-electron chi connectivity index (χ1n) is 6.27. The van der Waals surface area contributed by atoms with E-state index in [4.69, 9.17) is 5.73 Å². The van der Waals surface area contributed by atoms with Gasteiger partial charge >= 0.3 is 6.03 Å². The number of aromatic nitrogens is 2. The van der Waals surface area contributed by atoms with Crippen molar-refractivity contribution in [2.24, 2.45) is 0 Å². The number of nitrogen functional groups attached to an aromatic ring is 1. The van der Waals surface area contributed by atoms with Crippen LogP contribution in [0.5, 0.6) is 0 Å². The number of amides is 2. The zero-order valence-electron chi connectivity index (χ0n) is 11.3. The molecule has 0 atom stereocenters. The van der Waals surface area contributed by atoms with Gasteiger partial charge in [-0.2, -0.15) is 5.10 Å². The lowest BCUT2D eigenvalue weighted by Gasteiger charge is -2.33. The minimum absolute atomic E-state index is 0.0815. The smallest absolute Gasteiger partial charge is 0.319 e. The molecule has 1 aromatic heterocycles. The molecule has 1 saturated heterocycles. The summed E-state index contributed by atoms with van der Waals surface area (Å²) in [6.07, 6.45) is 1.82. The van der Waals surface area contributed by atoms with Gasteiger partial charge in [-0.3, -0.25) is 0 Å². The highest BCUT2D eigenvalue weighted by atomic mass is 16.2. The molecule has 0 aliphatic carbocycles. The Labute approximate surface area is 107 Å². The van der Waals surface area contributed by atoms with Crippen LogP contribution in [0.15, 0.2) is 6.07 Å². The monoisotopic (exact) mass is 251 g/mol. The summed E-state index contributed by atoms with van der Waals surface area (Å²) in [5.74, 6) is 0.713. The number of carbonyl (C=O) groups is 1. The van der Waals surface area contributed by atoms with E-state index in [0.29, 0.717) is 11.9 Å². The molecule has 2 N–H and O–H groups in total. The van der Waals surface area contributed by atoms with Gasteiger partial charge in [0.2, 0.25) is 0 Å². The maximum Gasteiger partial charge on any atom is 0.319 e. The topological polar surface area (TPSA) is 67.4 Å². The number of rotatable bonds is 1. The zero-order chi connectivity index (χ0) is 13.3. The SMILES string of the molecule is Cc1cc(N)n(C2CCN(C(=O)N(C)C)CC2)n1. The maximum absolute atomic E-state index is 11.8. The molecular formula is C12H21N5O. The quantitative estimate of drug-likeness (QED) is 0.812. The summed E-state index contributed by atoms with van der Waals surface area (Å²) >= 11 is 0. The number of urea groups is 1. The number of carbonyl (C=O) groups excluding carboxylic acids is 1. The predicted molar refractivity (Wildman–Crippen MR) is 70.3 cm³/mol. The number of nitrogens with two attached hydrogens (primary N) is 1. The number of nitrogens with zero attached hydrogens (tertiary/aromatic N) is 4. The lowest BCUT2D eigenvalue weighted by molar-refractivity contribution is 0.146. The number of piperidine rings is 1. The highest BCUT2D eigenvalue weighted by molar-refractivity contribution is 5.73. The van der Waals surface area contributed by atoms with Crippen LogP contribution in [0.1, 0.15) is 24.6 Å². The molecule has 0 bridgehead atoms. The normalized spacial score (nSPS) is 16.9. The van der Waals surface area contributed by atoms with Crippen LogP contribution in [0.2, 0.25) is 0 Å². The highest BCUT2D eigenvalue weighted by Gasteiger charge is 2.25. The van der Waals surface area contributed by atoms with Gasteiger partial charge in [0.15, 0.2) is 0 Å². The second-order valence-corrected chi connectivity index (χ2v) is 5.05. The number of hydrogen-bond donors (Lipinski definition) is 1. The van der Waals surface area contributed by atoms with Crippen molar-refractivity contribution in [3.8, 4) is 0 Å². The van der Waals surface area contributed by atoms with Crippen molar-refractivity contribution in [1.82, 2.24) is 19.6 Å². The molecule has 100 valence electrons. The van der Waals surface area contributed by atoms with Crippen LogP contribution < -0.4 is 5.73 Å². The fourth-order valence-electron chi connectivity index (χ4n) is 2.41. The fourth-order valence-corrected chi connectivity index (χ4v) is 2.41. The summed E-state index contributed by atoms with van der Waals surface area (Å²) in [6, 6.07) is 2.28. The predicted octanol–water partition coefficient (Wildman–Crippen LogP) is 1.09. The van der Waals surface area contributed by atoms with E-state index in [1.54, 1.807) is 19.0 Å². The minimum Gasteiger partial charge on any atom is -0.384 e. The summed E-state index contributed by atoms with van der Waals surface area (Å²) in [4.78, 5) is 15.3. The molecule has 1 aromatic rings. The Hall–Kier alpha value is -1.72. The molecule has 0 saturated carbocycles. The van der Waals surface area contributed by atoms with E-state index < -0.39 is 0 Å². The van der Waals surface area contributed by atoms with Crippen molar-refractivity contribution < 1.29 is 4.79 Å². The minimum atomic E-state index is 0.0815. The number of hydrogen-bond acceptors (Lipinski definition) is 3. The Bertz CT molecular complexity index is 432.